The number of nitrogens with one attached hydrogen (secondary N) is 1. The van der Waals surface area contributed by atoms with Gasteiger partial charge in [-0.15, -0.1) is 0 Å². The first-order valence-electron chi connectivity index (χ1n) is 2.78. The molecule has 0 aromatic rings. The number of carbonyl (C=O) groups excluding carboxylic acids is 1. The van der Waals surface area contributed by atoms with E-state index in [-0.39, 0.29) is 0 Å². The third kappa shape index (κ3) is 5.10. The molecule has 0 saturated carbocycles. The molecule has 0 aliphatic heterocycles. The van der Waals surface area contributed by atoms with Gasteiger partial charge in [-0.1, -0.05) is 0 Å². The standard InChI is InChI=1S/C5H11NO3/c1-3-9-5(8)6-4(2)7/h4,7H,3H2,1-2H3,(H,6,8). The van der Waals surface area contributed by atoms with E-state index >= 15 is 0 Å². The molecule has 1 unspecified atom stereocenters. The average Bonchev–Trinajstić information content (AvgIpc) is 1.63. The van der Waals surface area contributed by atoms with Crippen molar-refractivity contribution in [3.63, 3.8) is 0 Å². The van der Waals surface area contributed by atoms with Crippen LogP contribution in [0, 0.1) is 0 Å². The third-order valence-corrected chi connectivity index (χ3v) is 0.602. The number of amides is 1. The molecule has 9 heavy (non-hydrogen) atoms. The number of alkyl carbamates (subject to hydrolysis) is 1. The van der Waals surface area contributed by atoms with Gasteiger partial charge in [0.05, 0.1) is 6.61 Å². The second kappa shape index (κ2) is 4.14. The molecule has 0 saturated heterocycles. The zero-order chi connectivity index (χ0) is 7.28. The molecule has 2 N–H and O–H groups in total. The summed E-state index contributed by atoms with van der Waals surface area (Å²) in [7, 11) is 0. The SMILES string of the molecule is CCOC(=O)NC(C)O. The van der Waals surface area contributed by atoms with E-state index in [2.05, 4.69) is 10.1 Å². The van der Waals surface area contributed by atoms with Crippen molar-refractivity contribution in [2.24, 2.45) is 0 Å². The highest BCUT2D eigenvalue weighted by atomic mass is 16.5. The number of aliphatic hydroxyl groups is 1. The van der Waals surface area contributed by atoms with Gasteiger partial charge in [0.2, 0.25) is 0 Å². The molecule has 0 rings (SSSR count). The topological polar surface area (TPSA) is 58.6 Å². The number of carbonyl (C=O) groups is 1. The molecule has 0 aromatic carbocycles. The largest absolute Gasteiger partial charge is 0.450 e. The fourth-order valence-electron chi connectivity index (χ4n) is 0.343. The lowest BCUT2D eigenvalue weighted by atomic mass is 10.7. The Kier molecular flexibility index (Phi) is 3.79. The lowest BCUT2D eigenvalue weighted by Gasteiger charge is -2.05. The van der Waals surface area contributed by atoms with Crippen LogP contribution in [-0.4, -0.2) is 24.0 Å². The van der Waals surface area contributed by atoms with Gasteiger partial charge < -0.3 is 9.84 Å². The third-order valence-electron chi connectivity index (χ3n) is 0.602. The maximum Gasteiger partial charge on any atom is 0.409 e. The molecule has 1 atom stereocenters. The predicted molar refractivity (Wildman–Crippen MR) is 31.8 cm³/mol. The van der Waals surface area contributed by atoms with E-state index in [0.717, 1.165) is 0 Å². The first-order chi connectivity index (χ1) is 4.16. The Morgan fingerprint density at radius 2 is 2.44 bits per heavy atom. The minimum absolute atomic E-state index is 0.318. The molecule has 4 nitrogen and oxygen atoms in total. The predicted octanol–water partition coefficient (Wildman–Crippen LogP) is 0.0708. The van der Waals surface area contributed by atoms with E-state index in [0.29, 0.717) is 6.61 Å². The molecule has 4 heteroatoms. The van der Waals surface area contributed by atoms with Crippen molar-refractivity contribution in [1.29, 1.82) is 0 Å². The molecule has 1 amide bonds. The second-order valence-corrected chi connectivity index (χ2v) is 1.54. The minimum Gasteiger partial charge on any atom is -0.450 e. The lowest BCUT2D eigenvalue weighted by Crippen LogP contribution is -2.32. The Balaban J connectivity index is 3.27. The number of aliphatic hydroxyl groups excluding tert-OH is 1. The quantitative estimate of drug-likeness (QED) is 0.524. The zero-order valence-corrected chi connectivity index (χ0v) is 5.55. The van der Waals surface area contributed by atoms with Gasteiger partial charge in [-0.25, -0.2) is 4.79 Å². The Morgan fingerprint density at radius 1 is 1.89 bits per heavy atom. The Morgan fingerprint density at radius 3 is 2.78 bits per heavy atom. The van der Waals surface area contributed by atoms with Gasteiger partial charge in [0.15, 0.2) is 0 Å². The monoisotopic (exact) mass is 133 g/mol. The van der Waals surface area contributed by atoms with E-state index in [4.69, 9.17) is 5.11 Å². The summed E-state index contributed by atoms with van der Waals surface area (Å²) in [5.74, 6) is 0. The Labute approximate surface area is 53.8 Å². The average molecular weight is 133 g/mol. The molecule has 0 radical (unpaired) electrons. The summed E-state index contributed by atoms with van der Waals surface area (Å²) < 4.78 is 4.44. The molecule has 0 aromatic heterocycles. The van der Waals surface area contributed by atoms with Gasteiger partial charge in [0.25, 0.3) is 0 Å². The van der Waals surface area contributed by atoms with Crippen LogP contribution in [0.3, 0.4) is 0 Å². The summed E-state index contributed by atoms with van der Waals surface area (Å²) in [4.78, 5) is 10.4. The molecule has 0 spiro atoms. The Bertz CT molecular complexity index is 92.2. The first kappa shape index (κ1) is 8.23. The number of rotatable bonds is 2. The van der Waals surface area contributed by atoms with Crippen LogP contribution >= 0.6 is 0 Å². The van der Waals surface area contributed by atoms with E-state index < -0.39 is 12.3 Å². The van der Waals surface area contributed by atoms with Crippen molar-refractivity contribution in [2.75, 3.05) is 6.61 Å². The smallest absolute Gasteiger partial charge is 0.409 e. The van der Waals surface area contributed by atoms with E-state index in [1.54, 1.807) is 6.92 Å². The van der Waals surface area contributed by atoms with Crippen LogP contribution in [-0.2, 0) is 4.74 Å². The number of hydrogen-bond acceptors (Lipinski definition) is 3. The molecule has 0 heterocycles. The van der Waals surface area contributed by atoms with Crippen molar-refractivity contribution >= 4 is 6.09 Å². The number of ether oxygens (including phenoxy) is 1. The van der Waals surface area contributed by atoms with E-state index in [1.807, 2.05) is 0 Å². The van der Waals surface area contributed by atoms with Crippen molar-refractivity contribution in [2.45, 2.75) is 20.1 Å². The lowest BCUT2D eigenvalue weighted by molar-refractivity contribution is 0.111. The minimum atomic E-state index is -0.843. The van der Waals surface area contributed by atoms with Crippen molar-refractivity contribution < 1.29 is 14.6 Å². The van der Waals surface area contributed by atoms with Gasteiger partial charge in [-0.2, -0.15) is 0 Å². The van der Waals surface area contributed by atoms with Gasteiger partial charge >= 0.3 is 6.09 Å². The molecular weight excluding hydrogens is 122 g/mol. The summed E-state index contributed by atoms with van der Waals surface area (Å²) in [6.45, 7) is 3.46. The summed E-state index contributed by atoms with van der Waals surface area (Å²) in [5.41, 5.74) is 0. The highest BCUT2D eigenvalue weighted by Crippen LogP contribution is 1.77. The highest BCUT2D eigenvalue weighted by molar-refractivity contribution is 5.67. The molecule has 0 fully saturated rings. The molecule has 54 valence electrons. The van der Waals surface area contributed by atoms with E-state index in [9.17, 15) is 4.79 Å². The summed E-state index contributed by atoms with van der Waals surface area (Å²) in [6, 6.07) is 0. The second-order valence-electron chi connectivity index (χ2n) is 1.54. The van der Waals surface area contributed by atoms with Crippen molar-refractivity contribution in [3.8, 4) is 0 Å². The van der Waals surface area contributed by atoms with Gasteiger partial charge in [0, 0.05) is 0 Å². The van der Waals surface area contributed by atoms with Gasteiger partial charge in [-0.3, -0.25) is 5.32 Å². The maximum atomic E-state index is 10.4. The van der Waals surface area contributed by atoms with Crippen LogP contribution in [0.1, 0.15) is 13.8 Å². The summed E-state index contributed by atoms with van der Waals surface area (Å²) >= 11 is 0. The van der Waals surface area contributed by atoms with Crippen LogP contribution in [0.4, 0.5) is 4.79 Å². The first-order valence-corrected chi connectivity index (χ1v) is 2.78. The molecular formula is C5H11NO3. The summed E-state index contributed by atoms with van der Waals surface area (Å²) in [5, 5.41) is 10.7. The molecule has 0 bridgehead atoms. The van der Waals surface area contributed by atoms with Gasteiger partial charge in [0.1, 0.15) is 6.23 Å². The van der Waals surface area contributed by atoms with Crippen molar-refractivity contribution in [3.05, 3.63) is 0 Å². The molecule has 0 aliphatic carbocycles. The highest BCUT2D eigenvalue weighted by Gasteiger charge is 2.01. The Hall–Kier alpha value is -0.770. The molecule has 0 aliphatic rings. The maximum absolute atomic E-state index is 10.4. The summed E-state index contributed by atoms with van der Waals surface area (Å²) in [6.07, 6.45) is -1.43. The van der Waals surface area contributed by atoms with Crippen LogP contribution in [0.15, 0.2) is 0 Å². The van der Waals surface area contributed by atoms with Crippen LogP contribution in [0.5, 0.6) is 0 Å². The van der Waals surface area contributed by atoms with Crippen LogP contribution in [0.2, 0.25) is 0 Å². The van der Waals surface area contributed by atoms with Crippen molar-refractivity contribution in [1.82, 2.24) is 5.32 Å². The fourth-order valence-corrected chi connectivity index (χ4v) is 0.343. The fraction of sp³-hybridized carbons (Fsp3) is 0.800. The van der Waals surface area contributed by atoms with Gasteiger partial charge in [-0.05, 0) is 13.8 Å². The zero-order valence-electron chi connectivity index (χ0n) is 5.55. The number of hydrogen-bond donors (Lipinski definition) is 2. The van der Waals surface area contributed by atoms with Crippen LogP contribution < -0.4 is 5.32 Å². The normalized spacial score (nSPS) is 12.3. The van der Waals surface area contributed by atoms with Crippen LogP contribution in [0.25, 0.3) is 0 Å². The van der Waals surface area contributed by atoms with E-state index in [1.165, 1.54) is 6.92 Å².